The van der Waals surface area contributed by atoms with Crippen LogP contribution in [0.25, 0.3) is 6.08 Å². The van der Waals surface area contributed by atoms with Crippen LogP contribution in [0.5, 0.6) is 0 Å². The molecule has 0 aliphatic rings. The molecule has 0 fully saturated rings. The maximum absolute atomic E-state index is 5.99. The van der Waals surface area contributed by atoms with E-state index < -0.39 is 0 Å². The molecule has 2 heteroatoms. The maximum atomic E-state index is 5.99. The van der Waals surface area contributed by atoms with Crippen LogP contribution in [0.1, 0.15) is 25.0 Å². The predicted octanol–water partition coefficient (Wildman–Crippen LogP) is 3.29. The maximum Gasteiger partial charge on any atom is 0.0437 e. The Kier molecular flexibility index (Phi) is 3.78. The predicted molar refractivity (Wildman–Crippen MR) is 69.0 cm³/mol. The largest absolute Gasteiger partial charge is 0.398 e. The molecule has 0 atom stereocenters. The van der Waals surface area contributed by atoms with Crippen LogP contribution >= 0.6 is 0 Å². The first kappa shape index (κ1) is 11.6. The lowest BCUT2D eigenvalue weighted by molar-refractivity contribution is 0.688. The topological polar surface area (TPSA) is 38.0 Å². The van der Waals surface area contributed by atoms with Crippen molar-refractivity contribution in [3.8, 4) is 0 Å². The first-order valence-electron chi connectivity index (χ1n) is 5.31. The second-order valence-electron chi connectivity index (χ2n) is 4.22. The lowest BCUT2D eigenvalue weighted by atomic mass is 10.1. The lowest BCUT2D eigenvalue weighted by Gasteiger charge is -2.14. The first-order chi connectivity index (χ1) is 7.06. The van der Waals surface area contributed by atoms with E-state index in [2.05, 4.69) is 31.8 Å². The summed E-state index contributed by atoms with van der Waals surface area (Å²) in [6, 6.07) is 4.06. The van der Waals surface area contributed by atoms with E-state index in [1.807, 2.05) is 13.0 Å². The van der Waals surface area contributed by atoms with Crippen LogP contribution in [0.2, 0.25) is 0 Å². The van der Waals surface area contributed by atoms with Gasteiger partial charge in [0.25, 0.3) is 0 Å². The van der Waals surface area contributed by atoms with Crippen LogP contribution in [0.3, 0.4) is 0 Å². The van der Waals surface area contributed by atoms with Gasteiger partial charge in [0.1, 0.15) is 0 Å². The fraction of sp³-hybridized carbons (Fsp3) is 0.385. The van der Waals surface area contributed by atoms with Gasteiger partial charge in [0, 0.05) is 17.9 Å². The Balaban J connectivity index is 2.91. The van der Waals surface area contributed by atoms with Gasteiger partial charge in [-0.1, -0.05) is 32.6 Å². The molecular weight excluding hydrogens is 184 g/mol. The normalized spacial score (nSPS) is 10.4. The summed E-state index contributed by atoms with van der Waals surface area (Å²) < 4.78 is 0. The third-order valence-corrected chi connectivity index (χ3v) is 2.47. The van der Waals surface area contributed by atoms with Crippen LogP contribution in [0, 0.1) is 12.8 Å². The highest BCUT2D eigenvalue weighted by molar-refractivity contribution is 5.73. The highest BCUT2D eigenvalue weighted by Crippen LogP contribution is 2.25. The Bertz CT molecular complexity index is 354. The van der Waals surface area contributed by atoms with Crippen molar-refractivity contribution in [2.24, 2.45) is 5.92 Å². The summed E-state index contributed by atoms with van der Waals surface area (Å²) in [5.41, 5.74) is 10.0. The molecule has 0 saturated carbocycles. The van der Waals surface area contributed by atoms with Crippen LogP contribution < -0.4 is 11.1 Å². The second-order valence-corrected chi connectivity index (χ2v) is 4.22. The van der Waals surface area contributed by atoms with Gasteiger partial charge in [-0.05, 0) is 30.0 Å². The number of rotatable bonds is 4. The molecular formula is C13H20N2. The monoisotopic (exact) mass is 204 g/mol. The van der Waals surface area contributed by atoms with Gasteiger partial charge in [-0.25, -0.2) is 0 Å². The molecule has 0 unspecified atom stereocenters. The quantitative estimate of drug-likeness (QED) is 0.739. The highest BCUT2D eigenvalue weighted by Gasteiger charge is 2.04. The van der Waals surface area contributed by atoms with Gasteiger partial charge in [0.15, 0.2) is 0 Å². The number of nitrogens with two attached hydrogens (primary N) is 1. The molecule has 0 aromatic heterocycles. The van der Waals surface area contributed by atoms with Crippen LogP contribution in [-0.2, 0) is 0 Å². The number of hydrogen-bond donors (Lipinski definition) is 2. The Morgan fingerprint density at radius 1 is 1.47 bits per heavy atom. The van der Waals surface area contributed by atoms with E-state index in [4.69, 9.17) is 5.73 Å². The van der Waals surface area contributed by atoms with Gasteiger partial charge in [0.2, 0.25) is 0 Å². The Morgan fingerprint density at radius 3 is 2.67 bits per heavy atom. The molecule has 0 amide bonds. The molecule has 2 nitrogen and oxygen atoms in total. The molecule has 0 bridgehead atoms. The van der Waals surface area contributed by atoms with E-state index >= 15 is 0 Å². The smallest absolute Gasteiger partial charge is 0.0437 e. The standard InChI is InChI=1S/C13H20N2/c1-5-11-6-7-12(10(4)13(11)14)15-8-9(2)3/h5-7,9,15H,1,8,14H2,2-4H3. The van der Waals surface area contributed by atoms with Crippen LogP contribution in [0.15, 0.2) is 18.7 Å². The molecule has 15 heavy (non-hydrogen) atoms. The van der Waals surface area contributed by atoms with E-state index in [1.165, 1.54) is 0 Å². The number of nitrogens with one attached hydrogen (secondary N) is 1. The summed E-state index contributed by atoms with van der Waals surface area (Å²) in [6.45, 7) is 11.1. The van der Waals surface area contributed by atoms with Crippen molar-refractivity contribution in [2.75, 3.05) is 17.6 Å². The minimum Gasteiger partial charge on any atom is -0.398 e. The molecule has 0 spiro atoms. The van der Waals surface area contributed by atoms with E-state index in [-0.39, 0.29) is 0 Å². The molecule has 3 N–H and O–H groups in total. The SMILES string of the molecule is C=Cc1ccc(NCC(C)C)c(C)c1N. The fourth-order valence-electron chi connectivity index (χ4n) is 1.43. The zero-order valence-corrected chi connectivity index (χ0v) is 9.80. The summed E-state index contributed by atoms with van der Waals surface area (Å²) in [7, 11) is 0. The van der Waals surface area contributed by atoms with Crippen molar-refractivity contribution in [1.29, 1.82) is 0 Å². The summed E-state index contributed by atoms with van der Waals surface area (Å²) in [4.78, 5) is 0. The minimum atomic E-state index is 0.629. The summed E-state index contributed by atoms with van der Waals surface area (Å²) in [5, 5.41) is 3.39. The Hall–Kier alpha value is -1.44. The van der Waals surface area contributed by atoms with Crippen molar-refractivity contribution in [2.45, 2.75) is 20.8 Å². The van der Waals surface area contributed by atoms with Gasteiger partial charge in [-0.15, -0.1) is 0 Å². The van der Waals surface area contributed by atoms with Crippen molar-refractivity contribution < 1.29 is 0 Å². The summed E-state index contributed by atoms with van der Waals surface area (Å²) in [5.74, 6) is 0.629. The molecule has 1 rings (SSSR count). The lowest BCUT2D eigenvalue weighted by Crippen LogP contribution is -2.09. The van der Waals surface area contributed by atoms with Gasteiger partial charge in [0.05, 0.1) is 0 Å². The zero-order chi connectivity index (χ0) is 11.4. The number of anilines is 2. The second kappa shape index (κ2) is 4.87. The highest BCUT2D eigenvalue weighted by atomic mass is 14.9. The van der Waals surface area contributed by atoms with Gasteiger partial charge in [-0.2, -0.15) is 0 Å². The first-order valence-corrected chi connectivity index (χ1v) is 5.31. The molecule has 0 heterocycles. The third-order valence-electron chi connectivity index (χ3n) is 2.47. The minimum absolute atomic E-state index is 0.629. The third kappa shape index (κ3) is 2.75. The van der Waals surface area contributed by atoms with Gasteiger partial charge < -0.3 is 11.1 Å². The Morgan fingerprint density at radius 2 is 2.13 bits per heavy atom. The molecule has 0 aliphatic carbocycles. The average molecular weight is 204 g/mol. The van der Waals surface area contributed by atoms with Crippen molar-refractivity contribution in [3.63, 3.8) is 0 Å². The fourth-order valence-corrected chi connectivity index (χ4v) is 1.43. The number of nitrogen functional groups attached to an aromatic ring is 1. The van der Waals surface area contributed by atoms with E-state index in [1.54, 1.807) is 6.08 Å². The van der Waals surface area contributed by atoms with Crippen LogP contribution in [-0.4, -0.2) is 6.54 Å². The molecule has 82 valence electrons. The van der Waals surface area contributed by atoms with E-state index in [0.29, 0.717) is 5.92 Å². The number of hydrogen-bond acceptors (Lipinski definition) is 2. The average Bonchev–Trinajstić information content (AvgIpc) is 2.20. The van der Waals surface area contributed by atoms with Crippen molar-refractivity contribution in [3.05, 3.63) is 29.8 Å². The van der Waals surface area contributed by atoms with Crippen LogP contribution in [0.4, 0.5) is 11.4 Å². The zero-order valence-electron chi connectivity index (χ0n) is 9.80. The molecule has 0 saturated heterocycles. The Labute approximate surface area is 92.2 Å². The summed E-state index contributed by atoms with van der Waals surface area (Å²) >= 11 is 0. The van der Waals surface area contributed by atoms with Gasteiger partial charge >= 0.3 is 0 Å². The van der Waals surface area contributed by atoms with E-state index in [0.717, 1.165) is 29.0 Å². The molecule has 1 aromatic carbocycles. The van der Waals surface area contributed by atoms with E-state index in [9.17, 15) is 0 Å². The molecule has 0 radical (unpaired) electrons. The molecule has 1 aromatic rings. The number of benzene rings is 1. The van der Waals surface area contributed by atoms with Gasteiger partial charge in [-0.3, -0.25) is 0 Å². The van der Waals surface area contributed by atoms with Crippen molar-refractivity contribution >= 4 is 17.5 Å². The van der Waals surface area contributed by atoms with Crippen molar-refractivity contribution in [1.82, 2.24) is 0 Å². The molecule has 0 aliphatic heterocycles. The summed E-state index contributed by atoms with van der Waals surface area (Å²) in [6.07, 6.45) is 1.79.